The van der Waals surface area contributed by atoms with Crippen LogP contribution in [0.1, 0.15) is 17.0 Å². The van der Waals surface area contributed by atoms with E-state index < -0.39 is 0 Å². The monoisotopic (exact) mass is 175 g/mol. The van der Waals surface area contributed by atoms with E-state index in [0.29, 0.717) is 0 Å². The van der Waals surface area contributed by atoms with Crippen molar-refractivity contribution < 1.29 is 14.7 Å². The second kappa shape index (κ2) is 8.23. The topological polar surface area (TPSA) is 66.5 Å². The van der Waals surface area contributed by atoms with Crippen LogP contribution in [-0.2, 0) is 0 Å². The molecule has 0 aliphatic rings. The maximum Gasteiger partial charge on any atom is 0.136 e. The predicted molar refractivity (Wildman–Crippen MR) is 47.0 cm³/mol. The van der Waals surface area contributed by atoms with Crippen molar-refractivity contribution >= 4 is 0 Å². The second-order valence-electron chi connectivity index (χ2n) is 1.95. The highest BCUT2D eigenvalue weighted by atomic mass is 16.5. The van der Waals surface area contributed by atoms with Crippen LogP contribution in [0.2, 0.25) is 0 Å². The summed E-state index contributed by atoms with van der Waals surface area (Å²) >= 11 is 0. The van der Waals surface area contributed by atoms with E-state index in [9.17, 15) is 0 Å². The van der Waals surface area contributed by atoms with Gasteiger partial charge in [-0.15, -0.1) is 0 Å². The summed E-state index contributed by atoms with van der Waals surface area (Å²) in [5, 5.41) is 17.7. The number of aryl methyl sites for hydroxylation is 2. The average molecular weight is 175 g/mol. The zero-order valence-electron chi connectivity index (χ0n) is 8.25. The van der Waals surface area contributed by atoms with Gasteiger partial charge in [0.05, 0.1) is 5.69 Å². The third-order valence-electron chi connectivity index (χ3n) is 1.39. The Morgan fingerprint density at radius 3 is 1.50 bits per heavy atom. The summed E-state index contributed by atoms with van der Waals surface area (Å²) < 4.78 is 4.84. The zero-order valence-corrected chi connectivity index (χ0v) is 8.25. The summed E-state index contributed by atoms with van der Waals surface area (Å²) in [5.74, 6) is 0.919. The third-order valence-corrected chi connectivity index (χ3v) is 1.39. The van der Waals surface area contributed by atoms with Crippen molar-refractivity contribution in [2.24, 2.45) is 0 Å². The first-order chi connectivity index (χ1) is 5.72. The fourth-order valence-electron chi connectivity index (χ4n) is 0.529. The van der Waals surface area contributed by atoms with Gasteiger partial charge in [0, 0.05) is 19.8 Å². The lowest BCUT2D eigenvalue weighted by Gasteiger charge is -1.80. The van der Waals surface area contributed by atoms with Gasteiger partial charge in [-0.25, -0.2) is 0 Å². The van der Waals surface area contributed by atoms with E-state index in [4.69, 9.17) is 14.7 Å². The molecule has 1 aromatic rings. The molecule has 12 heavy (non-hydrogen) atoms. The lowest BCUT2D eigenvalue weighted by molar-refractivity contribution is 0.392. The molecule has 2 N–H and O–H groups in total. The lowest BCUT2D eigenvalue weighted by Crippen LogP contribution is -1.73. The van der Waals surface area contributed by atoms with Crippen LogP contribution in [0.25, 0.3) is 0 Å². The van der Waals surface area contributed by atoms with Crippen LogP contribution in [0.4, 0.5) is 0 Å². The number of aromatic nitrogens is 1. The molecule has 0 spiro atoms. The van der Waals surface area contributed by atoms with Crippen molar-refractivity contribution in [2.45, 2.75) is 20.8 Å². The molecule has 0 atom stereocenters. The molecule has 1 rings (SSSR count). The van der Waals surface area contributed by atoms with Crippen LogP contribution in [0, 0.1) is 20.8 Å². The summed E-state index contributed by atoms with van der Waals surface area (Å²) in [6.07, 6.45) is 0. The minimum absolute atomic E-state index is 0.919. The molecule has 0 amide bonds. The Balaban J connectivity index is 0. The van der Waals surface area contributed by atoms with Gasteiger partial charge in [-0.3, -0.25) is 0 Å². The molecule has 4 nitrogen and oxygen atoms in total. The summed E-state index contributed by atoms with van der Waals surface area (Å²) in [6.45, 7) is 5.85. The molecular weight excluding hydrogens is 158 g/mol. The lowest BCUT2D eigenvalue weighted by atomic mass is 10.2. The van der Waals surface area contributed by atoms with E-state index in [1.165, 1.54) is 0 Å². The van der Waals surface area contributed by atoms with Crippen LogP contribution in [0.15, 0.2) is 4.52 Å². The van der Waals surface area contributed by atoms with Crippen molar-refractivity contribution in [3.05, 3.63) is 17.0 Å². The van der Waals surface area contributed by atoms with Crippen molar-refractivity contribution in [1.29, 1.82) is 0 Å². The van der Waals surface area contributed by atoms with E-state index >= 15 is 0 Å². The molecule has 72 valence electrons. The zero-order chi connectivity index (χ0) is 10.1. The number of aliphatic hydroxyl groups is 2. The molecular formula is C8H17NO3. The number of nitrogens with zero attached hydrogens (tertiary/aromatic N) is 1. The second-order valence-corrected chi connectivity index (χ2v) is 1.95. The quantitative estimate of drug-likeness (QED) is 0.612. The molecule has 1 heterocycles. The Hall–Kier alpha value is -0.870. The van der Waals surface area contributed by atoms with Crippen LogP contribution in [0.3, 0.4) is 0 Å². The van der Waals surface area contributed by atoms with Gasteiger partial charge in [0.2, 0.25) is 0 Å². The maximum atomic E-state index is 7.00. The van der Waals surface area contributed by atoms with E-state index in [1.807, 2.05) is 20.8 Å². The van der Waals surface area contributed by atoms with Gasteiger partial charge in [-0.1, -0.05) is 5.16 Å². The van der Waals surface area contributed by atoms with E-state index in [2.05, 4.69) is 5.16 Å². The molecule has 0 saturated carbocycles. The van der Waals surface area contributed by atoms with Crippen molar-refractivity contribution in [2.75, 3.05) is 14.2 Å². The Morgan fingerprint density at radius 2 is 1.42 bits per heavy atom. The summed E-state index contributed by atoms with van der Waals surface area (Å²) in [5.41, 5.74) is 2.15. The average Bonchev–Trinajstić information content (AvgIpc) is 2.43. The van der Waals surface area contributed by atoms with E-state index in [-0.39, 0.29) is 0 Å². The van der Waals surface area contributed by atoms with Crippen molar-refractivity contribution in [3.63, 3.8) is 0 Å². The molecule has 0 unspecified atom stereocenters. The molecule has 4 heteroatoms. The minimum Gasteiger partial charge on any atom is -0.400 e. The predicted octanol–water partition coefficient (Wildman–Crippen LogP) is 0.817. The fraction of sp³-hybridized carbons (Fsp3) is 0.625. The Morgan fingerprint density at radius 1 is 1.00 bits per heavy atom. The molecule has 0 aliphatic carbocycles. The highest BCUT2D eigenvalue weighted by Gasteiger charge is 1.99. The third kappa shape index (κ3) is 4.10. The molecule has 0 bridgehead atoms. The SMILES string of the molecule is CO.CO.Cc1noc(C)c1C. The van der Waals surface area contributed by atoms with Crippen LogP contribution >= 0.6 is 0 Å². The number of rotatable bonds is 0. The molecule has 0 fully saturated rings. The molecule has 0 aliphatic heterocycles. The van der Waals surface area contributed by atoms with Gasteiger partial charge < -0.3 is 14.7 Å². The normalized spacial score (nSPS) is 7.58. The number of hydrogen-bond acceptors (Lipinski definition) is 4. The van der Waals surface area contributed by atoms with Gasteiger partial charge in [0.15, 0.2) is 0 Å². The highest BCUT2D eigenvalue weighted by Crippen LogP contribution is 2.08. The van der Waals surface area contributed by atoms with Crippen molar-refractivity contribution in [1.82, 2.24) is 5.16 Å². The fourth-order valence-corrected chi connectivity index (χ4v) is 0.529. The van der Waals surface area contributed by atoms with Gasteiger partial charge in [0.1, 0.15) is 5.76 Å². The first-order valence-corrected chi connectivity index (χ1v) is 3.50. The summed E-state index contributed by atoms with van der Waals surface area (Å²) in [6, 6.07) is 0. The van der Waals surface area contributed by atoms with Crippen LogP contribution in [0.5, 0.6) is 0 Å². The van der Waals surface area contributed by atoms with Gasteiger partial charge in [-0.2, -0.15) is 0 Å². The number of hydrogen-bond donors (Lipinski definition) is 2. The van der Waals surface area contributed by atoms with E-state index in [0.717, 1.165) is 31.2 Å². The summed E-state index contributed by atoms with van der Waals surface area (Å²) in [7, 11) is 2.00. The Bertz CT molecular complexity index is 177. The van der Waals surface area contributed by atoms with Gasteiger partial charge in [-0.05, 0) is 20.8 Å². The van der Waals surface area contributed by atoms with E-state index in [1.54, 1.807) is 0 Å². The minimum atomic E-state index is 0.919. The van der Waals surface area contributed by atoms with Crippen LogP contribution in [-0.4, -0.2) is 29.6 Å². The first-order valence-electron chi connectivity index (χ1n) is 3.50. The van der Waals surface area contributed by atoms with Gasteiger partial charge >= 0.3 is 0 Å². The molecule has 0 radical (unpaired) electrons. The van der Waals surface area contributed by atoms with Crippen molar-refractivity contribution in [3.8, 4) is 0 Å². The molecule has 0 aromatic carbocycles. The molecule has 1 aromatic heterocycles. The Kier molecular flexibility index (Phi) is 9.40. The largest absolute Gasteiger partial charge is 0.400 e. The molecule has 0 saturated heterocycles. The summed E-state index contributed by atoms with van der Waals surface area (Å²) in [4.78, 5) is 0. The van der Waals surface area contributed by atoms with Gasteiger partial charge in [0.25, 0.3) is 0 Å². The smallest absolute Gasteiger partial charge is 0.136 e. The van der Waals surface area contributed by atoms with Crippen LogP contribution < -0.4 is 0 Å². The highest BCUT2D eigenvalue weighted by molar-refractivity contribution is 5.17. The maximum absolute atomic E-state index is 7.00. The standard InChI is InChI=1S/C6H9NO.2CH4O/c1-4-5(2)7-8-6(4)3;2*1-2/h1-3H3;2*2H,1H3. The number of aliphatic hydroxyl groups excluding tert-OH is 2. The first kappa shape index (κ1) is 13.7. The Labute approximate surface area is 72.8 Å².